The number of Topliss-reactive ketones (excluding diaryl/α,β-unsaturated/α-hetero) is 1. The molecule has 0 aliphatic rings. The van der Waals surface area contributed by atoms with E-state index in [-0.39, 0.29) is 5.78 Å². The zero-order valence-corrected chi connectivity index (χ0v) is 30.8. The molecule has 0 aromatic heterocycles. The average Bonchev–Trinajstić information content (AvgIpc) is 3.09. The number of hydrogen-bond acceptors (Lipinski definition) is 2. The molecule has 0 spiro atoms. The van der Waals surface area contributed by atoms with E-state index in [0.29, 0.717) is 0 Å². The molecule has 1 N–H and O–H groups in total. The summed E-state index contributed by atoms with van der Waals surface area (Å²) < 4.78 is 0. The van der Waals surface area contributed by atoms with Crippen LogP contribution >= 0.6 is 0 Å². The molecule has 0 rings (SSSR count). The van der Waals surface area contributed by atoms with Crippen LogP contribution in [0, 0.1) is 48.4 Å². The summed E-state index contributed by atoms with van der Waals surface area (Å²) in [5.74, 6) is 16.1. The lowest BCUT2D eigenvalue weighted by atomic mass is 10.0. The summed E-state index contributed by atoms with van der Waals surface area (Å²) >= 11 is 0. The summed E-state index contributed by atoms with van der Waals surface area (Å²) in [6, 6.07) is 0. The Hall–Kier alpha value is -2.91. The quantitative estimate of drug-likeness (QED) is 0.0339. The zero-order valence-electron chi connectivity index (χ0n) is 30.8. The van der Waals surface area contributed by atoms with Gasteiger partial charge in [0.25, 0.3) is 5.78 Å². The third kappa shape index (κ3) is 39.3. The molecule has 2 heteroatoms. The fraction of sp³-hybridized carbons (Fsp3) is 0.674. The van der Waals surface area contributed by atoms with Crippen LogP contribution in [0.5, 0.6) is 0 Å². The molecular formula is C46H70O2. The van der Waals surface area contributed by atoms with Crippen LogP contribution in [-0.2, 0) is 4.79 Å². The molecule has 0 fully saturated rings. The standard InChI is InChI=1S/C46H70O2/c1-3-5-6-7-8-9-10-11-12-13-14-15-16-17-18-19-20-21-25-28-31-34-37-40-43-46(48)44-41-38-35-32-29-26-23-22-24-27-30-33-36-39-42-45(47)4-2/h1-2,21,23,25-26,39,42,45,47H,5-20,22,24,27-38H2/b25-21-,26-23-,42-39+. The van der Waals surface area contributed by atoms with Gasteiger partial charge in [-0.3, -0.25) is 4.79 Å². The predicted molar refractivity (Wildman–Crippen MR) is 210 cm³/mol. The van der Waals surface area contributed by atoms with Crippen LogP contribution in [-0.4, -0.2) is 17.0 Å². The first-order valence-electron chi connectivity index (χ1n) is 19.8. The fourth-order valence-electron chi connectivity index (χ4n) is 5.51. The lowest BCUT2D eigenvalue weighted by molar-refractivity contribution is -0.108. The van der Waals surface area contributed by atoms with Crippen LogP contribution in [0.15, 0.2) is 36.5 Å². The molecule has 0 amide bonds. The highest BCUT2D eigenvalue weighted by Crippen LogP contribution is 2.14. The highest BCUT2D eigenvalue weighted by atomic mass is 16.3. The van der Waals surface area contributed by atoms with Gasteiger partial charge in [-0.2, -0.15) is 0 Å². The third-order valence-electron chi connectivity index (χ3n) is 8.50. The van der Waals surface area contributed by atoms with Gasteiger partial charge >= 0.3 is 0 Å². The molecule has 0 bridgehead atoms. The molecule has 0 saturated heterocycles. The maximum absolute atomic E-state index is 11.8. The number of hydrogen-bond donors (Lipinski definition) is 1. The van der Waals surface area contributed by atoms with Crippen molar-refractivity contribution in [2.24, 2.45) is 0 Å². The van der Waals surface area contributed by atoms with Crippen LogP contribution in [0.25, 0.3) is 0 Å². The van der Waals surface area contributed by atoms with Gasteiger partial charge in [-0.15, -0.1) is 18.8 Å². The molecular weight excluding hydrogens is 585 g/mol. The van der Waals surface area contributed by atoms with Gasteiger partial charge in [0.2, 0.25) is 0 Å². The predicted octanol–water partition coefficient (Wildman–Crippen LogP) is 12.6. The van der Waals surface area contributed by atoms with E-state index in [1.54, 1.807) is 6.08 Å². The Morgan fingerprint density at radius 2 is 0.771 bits per heavy atom. The molecule has 2 nitrogen and oxygen atoms in total. The molecule has 1 atom stereocenters. The second kappa shape index (κ2) is 40.3. The van der Waals surface area contributed by atoms with Gasteiger partial charge in [-0.1, -0.05) is 138 Å². The first-order chi connectivity index (χ1) is 23.7. The Labute approximate surface area is 298 Å². The van der Waals surface area contributed by atoms with E-state index in [4.69, 9.17) is 12.8 Å². The summed E-state index contributed by atoms with van der Waals surface area (Å²) in [5.41, 5.74) is 0. The Kier molecular flexibility index (Phi) is 37.8. The van der Waals surface area contributed by atoms with Crippen LogP contribution in [0.3, 0.4) is 0 Å². The van der Waals surface area contributed by atoms with Crippen molar-refractivity contribution in [3.8, 4) is 48.4 Å². The van der Waals surface area contributed by atoms with E-state index in [0.717, 1.165) is 77.0 Å². The molecule has 0 saturated carbocycles. The van der Waals surface area contributed by atoms with Crippen LogP contribution < -0.4 is 0 Å². The number of terminal acetylenes is 2. The minimum Gasteiger partial charge on any atom is -0.377 e. The maximum Gasteiger partial charge on any atom is 0.279 e. The summed E-state index contributed by atoms with van der Waals surface area (Å²) in [5, 5.41) is 9.25. The van der Waals surface area contributed by atoms with Crippen molar-refractivity contribution in [3.05, 3.63) is 36.5 Å². The van der Waals surface area contributed by atoms with Crippen molar-refractivity contribution in [2.45, 2.75) is 199 Å². The van der Waals surface area contributed by atoms with Crippen molar-refractivity contribution in [1.82, 2.24) is 0 Å². The van der Waals surface area contributed by atoms with E-state index in [2.05, 4.69) is 59.8 Å². The average molecular weight is 655 g/mol. The van der Waals surface area contributed by atoms with Gasteiger partial charge in [0.05, 0.1) is 0 Å². The van der Waals surface area contributed by atoms with E-state index in [1.165, 1.54) is 116 Å². The van der Waals surface area contributed by atoms with Crippen molar-refractivity contribution in [2.75, 3.05) is 0 Å². The van der Waals surface area contributed by atoms with E-state index >= 15 is 0 Å². The lowest BCUT2D eigenvalue weighted by Crippen LogP contribution is -1.95. The fourth-order valence-corrected chi connectivity index (χ4v) is 5.51. The van der Waals surface area contributed by atoms with Gasteiger partial charge in [0, 0.05) is 19.3 Å². The summed E-state index contributed by atoms with van der Waals surface area (Å²) in [6.45, 7) is 0. The normalized spacial score (nSPS) is 11.6. The molecule has 0 radical (unpaired) electrons. The third-order valence-corrected chi connectivity index (χ3v) is 8.50. The molecule has 1 unspecified atom stereocenters. The number of carbonyl (C=O) groups excluding carboxylic acids is 1. The summed E-state index contributed by atoms with van der Waals surface area (Å²) in [6.07, 6.45) is 58.8. The molecule has 0 aromatic rings. The Balaban J connectivity index is 3.43. The zero-order chi connectivity index (χ0) is 34.9. The second-order valence-electron chi connectivity index (χ2n) is 13.1. The van der Waals surface area contributed by atoms with Crippen molar-refractivity contribution in [1.29, 1.82) is 0 Å². The number of unbranched alkanes of at least 4 members (excludes halogenated alkanes) is 26. The number of allylic oxidation sites excluding steroid dienone is 5. The number of rotatable bonds is 32. The van der Waals surface area contributed by atoms with E-state index < -0.39 is 6.10 Å². The van der Waals surface area contributed by atoms with Crippen LogP contribution in [0.4, 0.5) is 0 Å². The van der Waals surface area contributed by atoms with Crippen molar-refractivity contribution in [3.63, 3.8) is 0 Å². The highest BCUT2D eigenvalue weighted by Gasteiger charge is 1.95. The number of aliphatic hydroxyl groups excluding tert-OH is 1. The second-order valence-corrected chi connectivity index (χ2v) is 13.1. The van der Waals surface area contributed by atoms with Gasteiger partial charge in [0.1, 0.15) is 6.10 Å². The van der Waals surface area contributed by atoms with E-state index in [9.17, 15) is 9.90 Å². The van der Waals surface area contributed by atoms with E-state index in [1.807, 2.05) is 6.08 Å². The number of carbonyl (C=O) groups is 1. The number of aliphatic hydroxyl groups is 1. The summed E-state index contributed by atoms with van der Waals surface area (Å²) in [4.78, 5) is 11.8. The largest absolute Gasteiger partial charge is 0.377 e. The Morgan fingerprint density at radius 1 is 0.458 bits per heavy atom. The Bertz CT molecular complexity index is 1020. The van der Waals surface area contributed by atoms with Crippen LogP contribution in [0.2, 0.25) is 0 Å². The number of ketones is 1. The van der Waals surface area contributed by atoms with Gasteiger partial charge in [0.15, 0.2) is 0 Å². The van der Waals surface area contributed by atoms with Gasteiger partial charge in [-0.05, 0) is 101 Å². The lowest BCUT2D eigenvalue weighted by Gasteiger charge is -2.03. The Morgan fingerprint density at radius 3 is 1.15 bits per heavy atom. The minimum absolute atomic E-state index is 0.245. The summed E-state index contributed by atoms with van der Waals surface area (Å²) in [7, 11) is 0. The van der Waals surface area contributed by atoms with Crippen molar-refractivity contribution >= 4 is 5.78 Å². The molecule has 0 aliphatic carbocycles. The van der Waals surface area contributed by atoms with Crippen molar-refractivity contribution < 1.29 is 9.90 Å². The SMILES string of the molecule is C#CCCCCCCCCCCCCCCCC/C=C\CCCCC#CC(=O)C#CCCCC/C=C\CCCCCC/C=C/C(O)C#C. The molecule has 266 valence electrons. The smallest absolute Gasteiger partial charge is 0.279 e. The first-order valence-corrected chi connectivity index (χ1v) is 19.8. The first kappa shape index (κ1) is 45.1. The molecule has 0 aliphatic heterocycles. The van der Waals surface area contributed by atoms with Crippen LogP contribution in [0.1, 0.15) is 193 Å². The van der Waals surface area contributed by atoms with Gasteiger partial charge in [-0.25, -0.2) is 0 Å². The molecule has 0 aromatic carbocycles. The van der Waals surface area contributed by atoms with Gasteiger partial charge < -0.3 is 5.11 Å². The molecule has 0 heterocycles. The molecule has 48 heavy (non-hydrogen) atoms. The monoisotopic (exact) mass is 655 g/mol. The maximum atomic E-state index is 11.8. The topological polar surface area (TPSA) is 37.3 Å². The highest BCUT2D eigenvalue weighted by molar-refractivity contribution is 6.08. The minimum atomic E-state index is -0.747.